The Kier molecular flexibility index (Phi) is 3.03. The van der Waals surface area contributed by atoms with Crippen molar-refractivity contribution >= 4 is 30.6 Å². The molecule has 1 aliphatic rings. The number of para-hydroxylation sites is 1. The van der Waals surface area contributed by atoms with E-state index >= 15 is 0 Å². The fourth-order valence-corrected chi connectivity index (χ4v) is 3.69. The molecule has 0 amide bonds. The Bertz CT molecular complexity index is 813. The lowest BCUT2D eigenvalue weighted by atomic mass is 10.0. The van der Waals surface area contributed by atoms with Gasteiger partial charge in [-0.3, -0.25) is 0 Å². The minimum absolute atomic E-state index is 0.00386. The molecule has 0 spiro atoms. The predicted molar refractivity (Wildman–Crippen MR) is 76.9 cm³/mol. The topological polar surface area (TPSA) is 62.9 Å². The number of aromatic nitrogens is 1. The number of nitrogens with zero attached hydrogens (tertiary/aromatic N) is 2. The first kappa shape index (κ1) is 13.5. The predicted octanol–water partition coefficient (Wildman–Crippen LogP) is 3.26. The largest absolute Gasteiger partial charge is 0.345 e. The van der Waals surface area contributed by atoms with Crippen LogP contribution in [0.3, 0.4) is 0 Å². The average molecular weight is 309 g/mol. The zero-order valence-electron chi connectivity index (χ0n) is 10.7. The summed E-state index contributed by atoms with van der Waals surface area (Å²) in [5.41, 5.74) is 0.847. The molecule has 0 saturated heterocycles. The fourth-order valence-electron chi connectivity index (χ4n) is 2.63. The first-order valence-corrected chi connectivity index (χ1v) is 8.66. The molecule has 0 atom stereocenters. The Morgan fingerprint density at radius 3 is 2.65 bits per heavy atom. The van der Waals surface area contributed by atoms with Gasteiger partial charge >= 0.3 is 0 Å². The van der Waals surface area contributed by atoms with Gasteiger partial charge in [-0.15, -0.1) is 0 Å². The number of rotatable bonds is 4. The quantitative estimate of drug-likeness (QED) is 0.814. The third-order valence-electron chi connectivity index (χ3n) is 3.93. The number of nitriles is 1. The monoisotopic (exact) mass is 308 g/mol. The lowest BCUT2D eigenvalue weighted by molar-refractivity contribution is 0.438. The van der Waals surface area contributed by atoms with E-state index < -0.39 is 9.05 Å². The molecule has 0 aliphatic heterocycles. The molecule has 0 bridgehead atoms. The lowest BCUT2D eigenvalue weighted by Gasteiger charge is -2.13. The third kappa shape index (κ3) is 2.30. The fraction of sp³-hybridized carbons (Fsp3) is 0.357. The zero-order valence-corrected chi connectivity index (χ0v) is 12.3. The minimum Gasteiger partial charge on any atom is -0.345 e. The first-order valence-electron chi connectivity index (χ1n) is 6.35. The smallest absolute Gasteiger partial charge is 0.263 e. The highest BCUT2D eigenvalue weighted by Gasteiger charge is 2.43. The van der Waals surface area contributed by atoms with E-state index in [9.17, 15) is 8.42 Å². The van der Waals surface area contributed by atoms with Crippen LogP contribution in [0.25, 0.3) is 10.9 Å². The number of benzene rings is 1. The number of halogens is 1. The van der Waals surface area contributed by atoms with E-state index in [-0.39, 0.29) is 10.3 Å². The first-order chi connectivity index (χ1) is 9.45. The van der Waals surface area contributed by atoms with E-state index in [1.54, 1.807) is 18.3 Å². The van der Waals surface area contributed by atoms with Gasteiger partial charge < -0.3 is 4.57 Å². The van der Waals surface area contributed by atoms with Gasteiger partial charge in [0, 0.05) is 46.2 Å². The average Bonchev–Trinajstić information content (AvgIpc) is 3.03. The van der Waals surface area contributed by atoms with Crippen LogP contribution >= 0.6 is 10.7 Å². The SMILES string of the molecule is N#CCC1(Cn2cc(S(=O)(=O)Cl)c3ccccc32)CC1. The summed E-state index contributed by atoms with van der Waals surface area (Å²) < 4.78 is 25.2. The van der Waals surface area contributed by atoms with Crippen LogP contribution in [0.5, 0.6) is 0 Å². The second-order valence-corrected chi connectivity index (χ2v) is 7.95. The van der Waals surface area contributed by atoms with Gasteiger partial charge in [0.1, 0.15) is 4.90 Å². The molecule has 2 aromatic rings. The molecule has 3 rings (SSSR count). The van der Waals surface area contributed by atoms with Gasteiger partial charge in [-0.1, -0.05) is 18.2 Å². The van der Waals surface area contributed by atoms with Crippen LogP contribution in [-0.4, -0.2) is 13.0 Å². The lowest BCUT2D eigenvalue weighted by Crippen LogP contribution is -2.10. The van der Waals surface area contributed by atoms with E-state index in [0.29, 0.717) is 18.4 Å². The molecular formula is C14H13ClN2O2S. The molecule has 1 aliphatic carbocycles. The molecule has 1 fully saturated rings. The second kappa shape index (κ2) is 4.51. The molecule has 0 radical (unpaired) electrons. The van der Waals surface area contributed by atoms with Crippen molar-refractivity contribution in [1.82, 2.24) is 4.57 Å². The summed E-state index contributed by atoms with van der Waals surface area (Å²) in [5.74, 6) is 0. The molecule has 1 aromatic carbocycles. The second-order valence-electron chi connectivity index (χ2n) is 5.41. The van der Waals surface area contributed by atoms with Crippen molar-refractivity contribution in [3.05, 3.63) is 30.5 Å². The third-order valence-corrected chi connectivity index (χ3v) is 5.28. The number of hydrogen-bond donors (Lipinski definition) is 0. The van der Waals surface area contributed by atoms with Gasteiger partial charge in [-0.05, 0) is 18.9 Å². The molecule has 1 heterocycles. The normalized spacial score (nSPS) is 17.0. The molecule has 20 heavy (non-hydrogen) atoms. The van der Waals surface area contributed by atoms with Crippen molar-refractivity contribution in [2.75, 3.05) is 0 Å². The maximum atomic E-state index is 11.7. The maximum Gasteiger partial charge on any atom is 0.263 e. The van der Waals surface area contributed by atoms with Crippen molar-refractivity contribution in [2.45, 2.75) is 30.7 Å². The Labute approximate surface area is 122 Å². The minimum atomic E-state index is -3.77. The maximum absolute atomic E-state index is 11.7. The Hall–Kier alpha value is -1.51. The molecular weight excluding hydrogens is 296 g/mol. The summed E-state index contributed by atoms with van der Waals surface area (Å²) in [4.78, 5) is 0.141. The van der Waals surface area contributed by atoms with Crippen molar-refractivity contribution in [3.63, 3.8) is 0 Å². The highest BCUT2D eigenvalue weighted by atomic mass is 35.7. The number of fused-ring (bicyclic) bond motifs is 1. The van der Waals surface area contributed by atoms with Gasteiger partial charge in [0.2, 0.25) is 0 Å². The van der Waals surface area contributed by atoms with Gasteiger partial charge in [0.25, 0.3) is 9.05 Å². The van der Waals surface area contributed by atoms with Crippen LogP contribution in [0.1, 0.15) is 19.3 Å². The van der Waals surface area contributed by atoms with Crippen LogP contribution in [0.2, 0.25) is 0 Å². The Morgan fingerprint density at radius 1 is 1.35 bits per heavy atom. The van der Waals surface area contributed by atoms with E-state index in [4.69, 9.17) is 15.9 Å². The van der Waals surface area contributed by atoms with Crippen LogP contribution in [0.15, 0.2) is 35.4 Å². The molecule has 0 N–H and O–H groups in total. The Balaban J connectivity index is 2.11. The molecule has 0 unspecified atom stereocenters. The van der Waals surface area contributed by atoms with Crippen LogP contribution in [0, 0.1) is 16.7 Å². The highest BCUT2D eigenvalue weighted by molar-refractivity contribution is 8.14. The summed E-state index contributed by atoms with van der Waals surface area (Å²) in [6.45, 7) is 0.660. The Morgan fingerprint density at radius 2 is 2.05 bits per heavy atom. The van der Waals surface area contributed by atoms with E-state index in [2.05, 4.69) is 6.07 Å². The zero-order chi connectivity index (χ0) is 14.4. The molecule has 6 heteroatoms. The van der Waals surface area contributed by atoms with Gasteiger partial charge in [-0.2, -0.15) is 5.26 Å². The summed E-state index contributed by atoms with van der Waals surface area (Å²) in [6, 6.07) is 9.51. The summed E-state index contributed by atoms with van der Waals surface area (Å²) >= 11 is 0. The van der Waals surface area contributed by atoms with E-state index in [1.807, 2.05) is 16.7 Å². The van der Waals surface area contributed by atoms with Crippen molar-refractivity contribution in [3.8, 4) is 6.07 Å². The molecule has 4 nitrogen and oxygen atoms in total. The number of hydrogen-bond acceptors (Lipinski definition) is 3. The van der Waals surface area contributed by atoms with Gasteiger partial charge in [0.15, 0.2) is 0 Å². The summed E-state index contributed by atoms with van der Waals surface area (Å²) in [5, 5.41) is 9.53. The molecule has 104 valence electrons. The van der Waals surface area contributed by atoms with Crippen molar-refractivity contribution in [2.24, 2.45) is 5.41 Å². The molecule has 1 aromatic heterocycles. The van der Waals surface area contributed by atoms with Gasteiger partial charge in [0.05, 0.1) is 6.07 Å². The summed E-state index contributed by atoms with van der Waals surface area (Å²) in [6.07, 6.45) is 4.11. The van der Waals surface area contributed by atoms with Crippen LogP contribution in [-0.2, 0) is 15.6 Å². The van der Waals surface area contributed by atoms with Crippen molar-refractivity contribution in [1.29, 1.82) is 5.26 Å². The molecule has 1 saturated carbocycles. The van der Waals surface area contributed by atoms with Gasteiger partial charge in [-0.25, -0.2) is 8.42 Å². The van der Waals surface area contributed by atoms with E-state index in [1.165, 1.54) is 0 Å². The standard InChI is InChI=1S/C14H13ClN2O2S/c15-20(18,19)13-9-17(10-14(5-6-14)7-8-16)12-4-2-1-3-11(12)13/h1-4,9H,5-7,10H2. The van der Waals surface area contributed by atoms with Crippen LogP contribution in [0.4, 0.5) is 0 Å². The summed E-state index contributed by atoms with van der Waals surface area (Å²) in [7, 11) is 1.74. The van der Waals surface area contributed by atoms with Crippen molar-refractivity contribution < 1.29 is 8.42 Å². The van der Waals surface area contributed by atoms with Crippen LogP contribution < -0.4 is 0 Å². The highest BCUT2D eigenvalue weighted by Crippen LogP contribution is 2.50. The van der Waals surface area contributed by atoms with E-state index in [0.717, 1.165) is 18.4 Å².